The van der Waals surface area contributed by atoms with Crippen LogP contribution in [0.15, 0.2) is 0 Å². The summed E-state index contributed by atoms with van der Waals surface area (Å²) in [4.78, 5) is 13.7. The standard InChI is InChI=1S/C10H17NO/c1-2-9(12)11-8-4-3-5-10(11)6-7-10/h2-8H2,1H3. The Labute approximate surface area is 73.9 Å². The molecule has 1 saturated heterocycles. The van der Waals surface area contributed by atoms with Crippen LogP contribution in [0.25, 0.3) is 0 Å². The van der Waals surface area contributed by atoms with Gasteiger partial charge in [-0.1, -0.05) is 6.92 Å². The lowest BCUT2D eigenvalue weighted by Gasteiger charge is -2.36. The van der Waals surface area contributed by atoms with E-state index < -0.39 is 0 Å². The fraction of sp³-hybridized carbons (Fsp3) is 0.900. The molecule has 0 unspecified atom stereocenters. The van der Waals surface area contributed by atoms with E-state index in [1.165, 1.54) is 32.1 Å². The molecule has 0 atom stereocenters. The highest BCUT2D eigenvalue weighted by molar-refractivity contribution is 5.77. The van der Waals surface area contributed by atoms with Crippen LogP contribution in [-0.2, 0) is 4.79 Å². The zero-order valence-corrected chi connectivity index (χ0v) is 7.81. The molecular weight excluding hydrogens is 150 g/mol. The largest absolute Gasteiger partial charge is 0.337 e. The zero-order valence-electron chi connectivity index (χ0n) is 7.81. The summed E-state index contributed by atoms with van der Waals surface area (Å²) < 4.78 is 0. The number of nitrogens with zero attached hydrogens (tertiary/aromatic N) is 1. The summed E-state index contributed by atoms with van der Waals surface area (Å²) in [5.74, 6) is 0.368. The second-order valence-corrected chi connectivity index (χ2v) is 4.08. The molecule has 1 aliphatic carbocycles. The molecule has 12 heavy (non-hydrogen) atoms. The van der Waals surface area contributed by atoms with Crippen molar-refractivity contribution in [3.8, 4) is 0 Å². The number of likely N-dealkylation sites (tertiary alicyclic amines) is 1. The molecule has 0 N–H and O–H groups in total. The van der Waals surface area contributed by atoms with E-state index in [1.54, 1.807) is 0 Å². The van der Waals surface area contributed by atoms with Gasteiger partial charge in [0, 0.05) is 18.5 Å². The number of hydrogen-bond donors (Lipinski definition) is 0. The van der Waals surface area contributed by atoms with Gasteiger partial charge in [0.15, 0.2) is 0 Å². The lowest BCUT2D eigenvalue weighted by molar-refractivity contribution is -0.135. The smallest absolute Gasteiger partial charge is 0.222 e. The van der Waals surface area contributed by atoms with Crippen molar-refractivity contribution in [3.63, 3.8) is 0 Å². The number of carbonyl (C=O) groups is 1. The first-order chi connectivity index (χ1) is 5.78. The molecule has 1 amide bonds. The summed E-state index contributed by atoms with van der Waals surface area (Å²) >= 11 is 0. The predicted octanol–water partition coefficient (Wildman–Crippen LogP) is 1.94. The van der Waals surface area contributed by atoms with Crippen molar-refractivity contribution >= 4 is 5.91 Å². The van der Waals surface area contributed by atoms with E-state index in [0.29, 0.717) is 17.9 Å². The van der Waals surface area contributed by atoms with E-state index in [-0.39, 0.29) is 0 Å². The van der Waals surface area contributed by atoms with Gasteiger partial charge in [0.1, 0.15) is 0 Å². The molecule has 2 rings (SSSR count). The van der Waals surface area contributed by atoms with Gasteiger partial charge in [-0.25, -0.2) is 0 Å². The van der Waals surface area contributed by atoms with Crippen molar-refractivity contribution in [1.29, 1.82) is 0 Å². The Hall–Kier alpha value is -0.530. The summed E-state index contributed by atoms with van der Waals surface area (Å²) in [5.41, 5.74) is 0.353. The summed E-state index contributed by atoms with van der Waals surface area (Å²) in [6.07, 6.45) is 7.01. The quantitative estimate of drug-likeness (QED) is 0.584. The average molecular weight is 167 g/mol. The topological polar surface area (TPSA) is 20.3 Å². The zero-order chi connectivity index (χ0) is 8.60. The molecule has 2 fully saturated rings. The molecule has 1 spiro atoms. The fourth-order valence-electron chi connectivity index (χ4n) is 2.34. The van der Waals surface area contributed by atoms with Crippen LogP contribution in [-0.4, -0.2) is 22.9 Å². The van der Waals surface area contributed by atoms with Crippen LogP contribution in [0.5, 0.6) is 0 Å². The Morgan fingerprint density at radius 2 is 2.08 bits per heavy atom. The number of piperidine rings is 1. The lowest BCUT2D eigenvalue weighted by Crippen LogP contribution is -2.45. The first-order valence-electron chi connectivity index (χ1n) is 5.09. The molecule has 1 aliphatic heterocycles. The number of amides is 1. The summed E-state index contributed by atoms with van der Waals surface area (Å²) in [7, 11) is 0. The first kappa shape index (κ1) is 8.09. The molecule has 0 aromatic heterocycles. The third kappa shape index (κ3) is 1.13. The van der Waals surface area contributed by atoms with Gasteiger partial charge >= 0.3 is 0 Å². The minimum atomic E-state index is 0.353. The third-order valence-electron chi connectivity index (χ3n) is 3.28. The van der Waals surface area contributed by atoms with Crippen molar-refractivity contribution in [1.82, 2.24) is 4.90 Å². The van der Waals surface area contributed by atoms with Crippen molar-refractivity contribution in [2.45, 2.75) is 51.0 Å². The summed E-state index contributed by atoms with van der Waals surface area (Å²) in [6, 6.07) is 0. The predicted molar refractivity (Wildman–Crippen MR) is 47.8 cm³/mol. The molecule has 2 aliphatic rings. The maximum absolute atomic E-state index is 11.5. The highest BCUT2D eigenvalue weighted by Crippen LogP contribution is 2.48. The van der Waals surface area contributed by atoms with Crippen LogP contribution in [0.4, 0.5) is 0 Å². The van der Waals surface area contributed by atoms with E-state index in [9.17, 15) is 4.79 Å². The Balaban J connectivity index is 2.06. The first-order valence-corrected chi connectivity index (χ1v) is 5.09. The molecule has 0 bridgehead atoms. The third-order valence-corrected chi connectivity index (χ3v) is 3.28. The maximum Gasteiger partial charge on any atom is 0.222 e. The van der Waals surface area contributed by atoms with E-state index in [1.807, 2.05) is 6.92 Å². The lowest BCUT2D eigenvalue weighted by atomic mass is 9.99. The van der Waals surface area contributed by atoms with Crippen LogP contribution in [0, 0.1) is 0 Å². The van der Waals surface area contributed by atoms with E-state index in [0.717, 1.165) is 6.54 Å². The second kappa shape index (κ2) is 2.75. The van der Waals surface area contributed by atoms with E-state index >= 15 is 0 Å². The number of carbonyl (C=O) groups excluding carboxylic acids is 1. The van der Waals surface area contributed by atoms with Gasteiger partial charge in [-0.3, -0.25) is 4.79 Å². The molecule has 68 valence electrons. The molecule has 1 saturated carbocycles. The normalized spacial score (nSPS) is 25.9. The molecule has 2 heteroatoms. The summed E-state index contributed by atoms with van der Waals surface area (Å²) in [5, 5.41) is 0. The Morgan fingerprint density at radius 3 is 2.67 bits per heavy atom. The summed E-state index contributed by atoms with van der Waals surface area (Å²) in [6.45, 7) is 2.99. The number of rotatable bonds is 1. The molecule has 1 heterocycles. The number of hydrogen-bond acceptors (Lipinski definition) is 1. The average Bonchev–Trinajstić information content (AvgIpc) is 2.85. The van der Waals surface area contributed by atoms with Gasteiger partial charge < -0.3 is 4.90 Å². The highest BCUT2D eigenvalue weighted by atomic mass is 16.2. The second-order valence-electron chi connectivity index (χ2n) is 4.08. The Morgan fingerprint density at radius 1 is 1.33 bits per heavy atom. The SMILES string of the molecule is CCC(=O)N1CCCCC12CC2. The fourth-order valence-corrected chi connectivity index (χ4v) is 2.34. The molecule has 0 aromatic rings. The minimum Gasteiger partial charge on any atom is -0.337 e. The van der Waals surface area contributed by atoms with E-state index in [2.05, 4.69) is 4.90 Å². The van der Waals surface area contributed by atoms with Gasteiger partial charge in [-0.05, 0) is 32.1 Å². The molecular formula is C10H17NO. The van der Waals surface area contributed by atoms with Gasteiger partial charge in [-0.15, -0.1) is 0 Å². The Bertz CT molecular complexity index is 196. The van der Waals surface area contributed by atoms with Crippen LogP contribution in [0.2, 0.25) is 0 Å². The Kier molecular flexibility index (Phi) is 1.85. The molecule has 0 aromatic carbocycles. The minimum absolute atomic E-state index is 0.353. The maximum atomic E-state index is 11.5. The van der Waals surface area contributed by atoms with Gasteiger partial charge in [0.05, 0.1) is 0 Å². The monoisotopic (exact) mass is 167 g/mol. The van der Waals surface area contributed by atoms with Crippen LogP contribution in [0.1, 0.15) is 45.4 Å². The van der Waals surface area contributed by atoms with Gasteiger partial charge in [0.25, 0.3) is 0 Å². The van der Waals surface area contributed by atoms with Crippen molar-refractivity contribution in [2.75, 3.05) is 6.54 Å². The van der Waals surface area contributed by atoms with E-state index in [4.69, 9.17) is 0 Å². The van der Waals surface area contributed by atoms with Crippen molar-refractivity contribution in [2.24, 2.45) is 0 Å². The van der Waals surface area contributed by atoms with Crippen molar-refractivity contribution < 1.29 is 4.79 Å². The molecule has 2 nitrogen and oxygen atoms in total. The van der Waals surface area contributed by atoms with Gasteiger partial charge in [-0.2, -0.15) is 0 Å². The van der Waals surface area contributed by atoms with Crippen LogP contribution >= 0.6 is 0 Å². The molecule has 0 radical (unpaired) electrons. The van der Waals surface area contributed by atoms with Crippen LogP contribution in [0.3, 0.4) is 0 Å². The van der Waals surface area contributed by atoms with Crippen molar-refractivity contribution in [3.05, 3.63) is 0 Å². The van der Waals surface area contributed by atoms with Crippen LogP contribution < -0.4 is 0 Å². The highest BCUT2D eigenvalue weighted by Gasteiger charge is 2.50. The van der Waals surface area contributed by atoms with Gasteiger partial charge in [0.2, 0.25) is 5.91 Å².